The lowest BCUT2D eigenvalue weighted by molar-refractivity contribution is 0.331. The standard InChI is InChI=1S/C19H19FN4.ClH/c20-17-8-4-7-16(12-17)19-21-18(22-23-19)15-6-3-5-14(11-15)13-24-9-1-2-10-24;/h3-8,11-12H,1-2,9-10,13H2,(H,21,22,23);1H. The number of rotatable bonds is 4. The molecule has 3 aromatic rings. The molecule has 0 amide bonds. The van der Waals surface area contributed by atoms with Gasteiger partial charge in [-0.25, -0.2) is 9.37 Å². The van der Waals surface area contributed by atoms with E-state index >= 15 is 0 Å². The number of benzene rings is 2. The summed E-state index contributed by atoms with van der Waals surface area (Å²) in [5.74, 6) is 0.935. The molecule has 1 fully saturated rings. The summed E-state index contributed by atoms with van der Waals surface area (Å²) < 4.78 is 13.4. The molecule has 6 heteroatoms. The lowest BCUT2D eigenvalue weighted by Crippen LogP contribution is -2.18. The highest BCUT2D eigenvalue weighted by atomic mass is 35.5. The maximum absolute atomic E-state index is 13.4. The van der Waals surface area contributed by atoms with Gasteiger partial charge in [0.25, 0.3) is 0 Å². The van der Waals surface area contributed by atoms with Crippen molar-refractivity contribution >= 4 is 12.4 Å². The van der Waals surface area contributed by atoms with Crippen LogP contribution in [0.4, 0.5) is 4.39 Å². The van der Waals surface area contributed by atoms with E-state index in [1.807, 2.05) is 18.2 Å². The van der Waals surface area contributed by atoms with E-state index in [4.69, 9.17) is 0 Å². The Morgan fingerprint density at radius 2 is 1.76 bits per heavy atom. The summed E-state index contributed by atoms with van der Waals surface area (Å²) in [6.45, 7) is 3.32. The molecule has 4 nitrogen and oxygen atoms in total. The molecule has 0 saturated carbocycles. The third-order valence-electron chi connectivity index (χ3n) is 4.37. The minimum absolute atomic E-state index is 0. The van der Waals surface area contributed by atoms with E-state index in [-0.39, 0.29) is 18.2 Å². The van der Waals surface area contributed by atoms with Crippen molar-refractivity contribution in [1.29, 1.82) is 0 Å². The predicted molar refractivity (Wildman–Crippen MR) is 99.0 cm³/mol. The number of H-pyrrole nitrogens is 1. The lowest BCUT2D eigenvalue weighted by Gasteiger charge is -2.14. The minimum atomic E-state index is -0.280. The molecular weight excluding hydrogens is 339 g/mol. The molecule has 25 heavy (non-hydrogen) atoms. The van der Waals surface area contributed by atoms with Crippen molar-refractivity contribution in [2.24, 2.45) is 0 Å². The maximum Gasteiger partial charge on any atom is 0.181 e. The van der Waals surface area contributed by atoms with Crippen LogP contribution in [0, 0.1) is 5.82 Å². The fourth-order valence-electron chi connectivity index (χ4n) is 3.16. The zero-order valence-corrected chi connectivity index (χ0v) is 14.6. The molecule has 0 aliphatic carbocycles. The van der Waals surface area contributed by atoms with Gasteiger partial charge in [-0.1, -0.05) is 30.3 Å². The Hall–Kier alpha value is -2.24. The van der Waals surface area contributed by atoms with Gasteiger partial charge < -0.3 is 0 Å². The van der Waals surface area contributed by atoms with Gasteiger partial charge in [0, 0.05) is 17.7 Å². The summed E-state index contributed by atoms with van der Waals surface area (Å²) in [4.78, 5) is 6.99. The zero-order chi connectivity index (χ0) is 16.4. The maximum atomic E-state index is 13.4. The van der Waals surface area contributed by atoms with E-state index < -0.39 is 0 Å². The van der Waals surface area contributed by atoms with Crippen molar-refractivity contribution in [3.05, 3.63) is 59.9 Å². The first-order chi connectivity index (χ1) is 11.8. The molecule has 1 aliphatic heterocycles. The normalized spacial score (nSPS) is 14.4. The molecule has 1 aromatic heterocycles. The molecule has 0 atom stereocenters. The van der Waals surface area contributed by atoms with Crippen LogP contribution in [0.5, 0.6) is 0 Å². The topological polar surface area (TPSA) is 44.8 Å². The van der Waals surface area contributed by atoms with Gasteiger partial charge in [-0.15, -0.1) is 12.4 Å². The fourth-order valence-corrected chi connectivity index (χ4v) is 3.16. The monoisotopic (exact) mass is 358 g/mol. The summed E-state index contributed by atoms with van der Waals surface area (Å²) in [6, 6.07) is 14.7. The number of likely N-dealkylation sites (tertiary alicyclic amines) is 1. The van der Waals surface area contributed by atoms with Gasteiger partial charge in [0.05, 0.1) is 0 Å². The third-order valence-corrected chi connectivity index (χ3v) is 4.37. The van der Waals surface area contributed by atoms with E-state index in [9.17, 15) is 4.39 Å². The second-order valence-electron chi connectivity index (χ2n) is 6.20. The molecule has 0 bridgehead atoms. The van der Waals surface area contributed by atoms with Crippen LogP contribution in [0.15, 0.2) is 48.5 Å². The van der Waals surface area contributed by atoms with Crippen LogP contribution in [-0.4, -0.2) is 33.2 Å². The highest BCUT2D eigenvalue weighted by molar-refractivity contribution is 5.85. The summed E-state index contributed by atoms with van der Waals surface area (Å²) in [6.07, 6.45) is 2.58. The van der Waals surface area contributed by atoms with Crippen molar-refractivity contribution in [2.75, 3.05) is 13.1 Å². The molecule has 1 N–H and O–H groups in total. The number of halogens is 2. The summed E-state index contributed by atoms with van der Waals surface area (Å²) in [5, 5.41) is 7.20. The molecule has 0 unspecified atom stereocenters. The fraction of sp³-hybridized carbons (Fsp3) is 0.263. The largest absolute Gasteiger partial charge is 0.299 e. The van der Waals surface area contributed by atoms with Gasteiger partial charge in [0.15, 0.2) is 11.6 Å². The van der Waals surface area contributed by atoms with Crippen molar-refractivity contribution in [2.45, 2.75) is 19.4 Å². The van der Waals surface area contributed by atoms with E-state index in [0.717, 1.165) is 12.1 Å². The molecule has 0 radical (unpaired) electrons. The van der Waals surface area contributed by atoms with Crippen molar-refractivity contribution in [1.82, 2.24) is 20.1 Å². The second kappa shape index (κ2) is 7.76. The summed E-state index contributed by atoms with van der Waals surface area (Å²) in [5.41, 5.74) is 2.94. The summed E-state index contributed by atoms with van der Waals surface area (Å²) in [7, 11) is 0. The Labute approximate surface area is 152 Å². The Morgan fingerprint density at radius 3 is 2.56 bits per heavy atom. The van der Waals surface area contributed by atoms with Crippen LogP contribution in [0.25, 0.3) is 22.8 Å². The molecule has 0 spiro atoms. The third kappa shape index (κ3) is 4.06. The second-order valence-corrected chi connectivity index (χ2v) is 6.20. The molecule has 2 aromatic carbocycles. The van der Waals surface area contributed by atoms with Gasteiger partial charge in [-0.05, 0) is 49.7 Å². The van der Waals surface area contributed by atoms with Crippen molar-refractivity contribution in [3.8, 4) is 22.8 Å². The highest BCUT2D eigenvalue weighted by Crippen LogP contribution is 2.22. The van der Waals surface area contributed by atoms with Gasteiger partial charge in [0.2, 0.25) is 0 Å². The quantitative estimate of drug-likeness (QED) is 0.756. The molecular formula is C19H20ClFN4. The van der Waals surface area contributed by atoms with Crippen LogP contribution in [0.1, 0.15) is 18.4 Å². The number of nitrogens with one attached hydrogen (secondary N) is 1. The first-order valence-electron chi connectivity index (χ1n) is 8.28. The van der Waals surface area contributed by atoms with E-state index in [2.05, 4.69) is 32.2 Å². The number of nitrogens with zero attached hydrogens (tertiary/aromatic N) is 3. The SMILES string of the molecule is Cl.Fc1cccc(-c2nc(-c3cccc(CN4CCCC4)c3)n[nH]2)c1. The van der Waals surface area contributed by atoms with Gasteiger partial charge in [-0.2, -0.15) is 5.10 Å². The molecule has 130 valence electrons. The lowest BCUT2D eigenvalue weighted by atomic mass is 10.1. The Morgan fingerprint density at radius 1 is 1.00 bits per heavy atom. The first-order valence-corrected chi connectivity index (χ1v) is 8.28. The van der Waals surface area contributed by atoms with Crippen LogP contribution >= 0.6 is 12.4 Å². The first kappa shape index (κ1) is 17.6. The van der Waals surface area contributed by atoms with Gasteiger partial charge in [-0.3, -0.25) is 10.00 Å². The van der Waals surface area contributed by atoms with E-state index in [0.29, 0.717) is 17.2 Å². The zero-order valence-electron chi connectivity index (χ0n) is 13.8. The average Bonchev–Trinajstić information content (AvgIpc) is 3.27. The molecule has 1 aliphatic rings. The summed E-state index contributed by atoms with van der Waals surface area (Å²) >= 11 is 0. The smallest absolute Gasteiger partial charge is 0.181 e. The molecule has 2 heterocycles. The molecule has 1 saturated heterocycles. The van der Waals surface area contributed by atoms with E-state index in [1.165, 1.54) is 43.6 Å². The predicted octanol–water partition coefficient (Wildman–Crippen LogP) is 4.30. The minimum Gasteiger partial charge on any atom is -0.299 e. The number of aromatic amines is 1. The number of hydrogen-bond acceptors (Lipinski definition) is 3. The highest BCUT2D eigenvalue weighted by Gasteiger charge is 2.13. The Kier molecular flexibility index (Phi) is 5.46. The molecule has 4 rings (SSSR count). The number of aromatic nitrogens is 3. The van der Waals surface area contributed by atoms with Crippen LogP contribution in [-0.2, 0) is 6.54 Å². The van der Waals surface area contributed by atoms with Gasteiger partial charge >= 0.3 is 0 Å². The number of hydrogen-bond donors (Lipinski definition) is 1. The van der Waals surface area contributed by atoms with Crippen LogP contribution < -0.4 is 0 Å². The van der Waals surface area contributed by atoms with Gasteiger partial charge in [0.1, 0.15) is 5.82 Å². The van der Waals surface area contributed by atoms with Crippen molar-refractivity contribution < 1.29 is 4.39 Å². The van der Waals surface area contributed by atoms with Crippen LogP contribution in [0.3, 0.4) is 0 Å². The Bertz CT molecular complexity index is 843. The average molecular weight is 359 g/mol. The van der Waals surface area contributed by atoms with Crippen LogP contribution in [0.2, 0.25) is 0 Å². The van der Waals surface area contributed by atoms with E-state index in [1.54, 1.807) is 6.07 Å². The van der Waals surface area contributed by atoms with Crippen molar-refractivity contribution in [3.63, 3.8) is 0 Å². The Balaban J connectivity index is 0.00000182.